The average molecular weight is 392 g/mol. The van der Waals surface area contributed by atoms with Crippen molar-refractivity contribution < 1.29 is 28.6 Å². The Balaban J connectivity index is 2.30. The number of methoxy groups -OCH3 is 2. The van der Waals surface area contributed by atoms with E-state index in [0.29, 0.717) is 17.2 Å². The molecule has 27 heavy (non-hydrogen) atoms. The maximum absolute atomic E-state index is 12.5. The number of carbonyl (C=O) groups excluding carboxylic acids is 3. The van der Waals surface area contributed by atoms with Crippen LogP contribution in [0.1, 0.15) is 27.0 Å². The third-order valence-electron chi connectivity index (χ3n) is 3.45. The van der Waals surface area contributed by atoms with Crippen LogP contribution in [-0.4, -0.2) is 45.2 Å². The Morgan fingerprint density at radius 2 is 1.81 bits per heavy atom. The number of nitrogens with one attached hydrogen (secondary N) is 2. The van der Waals surface area contributed by atoms with Crippen LogP contribution in [0.4, 0.5) is 5.69 Å². The minimum atomic E-state index is -0.774. The summed E-state index contributed by atoms with van der Waals surface area (Å²) in [5.41, 5.74) is 0.230. The molecule has 2 aromatic rings. The van der Waals surface area contributed by atoms with Crippen molar-refractivity contribution in [2.45, 2.75) is 6.92 Å². The topological polar surface area (TPSA) is 103 Å². The zero-order valence-corrected chi connectivity index (χ0v) is 16.0. The molecule has 0 unspecified atom stereocenters. The molecule has 0 aliphatic rings. The molecular weight excluding hydrogens is 372 g/mol. The SMILES string of the molecule is CCNC(=O)COC(=O)c1cc(OC)c(OC)cc1NC(=O)c1cccs1. The highest BCUT2D eigenvalue weighted by Crippen LogP contribution is 2.34. The summed E-state index contributed by atoms with van der Waals surface area (Å²) in [5.74, 6) is -0.954. The molecule has 0 radical (unpaired) electrons. The van der Waals surface area contributed by atoms with Crippen LogP contribution in [-0.2, 0) is 9.53 Å². The van der Waals surface area contributed by atoms with Crippen molar-refractivity contribution in [3.8, 4) is 11.5 Å². The Morgan fingerprint density at radius 3 is 2.41 bits per heavy atom. The van der Waals surface area contributed by atoms with Gasteiger partial charge >= 0.3 is 5.97 Å². The van der Waals surface area contributed by atoms with E-state index in [-0.39, 0.29) is 22.9 Å². The van der Waals surface area contributed by atoms with Gasteiger partial charge in [0, 0.05) is 18.7 Å². The number of thiophene rings is 1. The van der Waals surface area contributed by atoms with Gasteiger partial charge in [-0.15, -0.1) is 11.3 Å². The van der Waals surface area contributed by atoms with E-state index in [1.54, 1.807) is 24.4 Å². The average Bonchev–Trinajstić information content (AvgIpc) is 3.20. The van der Waals surface area contributed by atoms with Gasteiger partial charge in [-0.2, -0.15) is 0 Å². The van der Waals surface area contributed by atoms with Crippen LogP contribution in [0.3, 0.4) is 0 Å². The fourth-order valence-electron chi connectivity index (χ4n) is 2.20. The maximum Gasteiger partial charge on any atom is 0.340 e. The van der Waals surface area contributed by atoms with Crippen LogP contribution >= 0.6 is 11.3 Å². The summed E-state index contributed by atoms with van der Waals surface area (Å²) in [6.45, 7) is 1.75. The lowest BCUT2D eigenvalue weighted by Gasteiger charge is -2.15. The van der Waals surface area contributed by atoms with Crippen LogP contribution in [0.25, 0.3) is 0 Å². The van der Waals surface area contributed by atoms with Crippen LogP contribution in [0.15, 0.2) is 29.6 Å². The molecule has 1 heterocycles. The number of esters is 1. The normalized spacial score (nSPS) is 10.0. The fourth-order valence-corrected chi connectivity index (χ4v) is 2.82. The molecule has 0 fully saturated rings. The number of benzene rings is 1. The van der Waals surface area contributed by atoms with E-state index in [9.17, 15) is 14.4 Å². The van der Waals surface area contributed by atoms with Gasteiger partial charge in [0.1, 0.15) is 0 Å². The minimum Gasteiger partial charge on any atom is -0.493 e. The molecule has 9 heteroatoms. The first-order valence-electron chi connectivity index (χ1n) is 8.04. The lowest BCUT2D eigenvalue weighted by atomic mass is 10.1. The number of hydrogen-bond acceptors (Lipinski definition) is 7. The Hall–Kier alpha value is -3.07. The third-order valence-corrected chi connectivity index (χ3v) is 4.31. The summed E-state index contributed by atoms with van der Waals surface area (Å²) in [6.07, 6.45) is 0. The smallest absolute Gasteiger partial charge is 0.340 e. The molecule has 2 amide bonds. The number of hydrogen-bond donors (Lipinski definition) is 2. The minimum absolute atomic E-state index is 0.0434. The quantitative estimate of drug-likeness (QED) is 0.669. The van der Waals surface area contributed by atoms with Gasteiger partial charge in [0.2, 0.25) is 0 Å². The predicted molar refractivity (Wildman–Crippen MR) is 101 cm³/mol. The maximum atomic E-state index is 12.5. The van der Waals surface area contributed by atoms with E-state index in [1.165, 1.54) is 37.7 Å². The molecular formula is C18H20N2O6S. The number of anilines is 1. The van der Waals surface area contributed by atoms with Crippen molar-refractivity contribution in [2.24, 2.45) is 0 Å². The van der Waals surface area contributed by atoms with Gasteiger partial charge in [-0.25, -0.2) is 4.79 Å². The van der Waals surface area contributed by atoms with E-state index in [2.05, 4.69) is 10.6 Å². The summed E-state index contributed by atoms with van der Waals surface area (Å²) >= 11 is 1.26. The molecule has 0 saturated heterocycles. The van der Waals surface area contributed by atoms with Crippen molar-refractivity contribution in [2.75, 3.05) is 32.7 Å². The zero-order valence-electron chi connectivity index (χ0n) is 15.2. The fraction of sp³-hybridized carbons (Fsp3) is 0.278. The predicted octanol–water partition coefficient (Wildman–Crippen LogP) is 2.31. The number of amides is 2. The van der Waals surface area contributed by atoms with Gasteiger partial charge in [-0.1, -0.05) is 6.07 Å². The summed E-state index contributed by atoms with van der Waals surface area (Å²) in [4.78, 5) is 36.8. The van der Waals surface area contributed by atoms with Gasteiger partial charge in [0.05, 0.1) is 30.3 Å². The molecule has 8 nitrogen and oxygen atoms in total. The summed E-state index contributed by atoms with van der Waals surface area (Å²) in [5, 5.41) is 6.97. The highest BCUT2D eigenvalue weighted by atomic mass is 32.1. The number of carbonyl (C=O) groups is 3. The molecule has 1 aromatic heterocycles. The van der Waals surface area contributed by atoms with Gasteiger partial charge in [0.15, 0.2) is 18.1 Å². The first-order valence-corrected chi connectivity index (χ1v) is 8.92. The number of rotatable bonds is 8. The van der Waals surface area contributed by atoms with Gasteiger partial charge < -0.3 is 24.8 Å². The lowest BCUT2D eigenvalue weighted by molar-refractivity contribution is -0.124. The van der Waals surface area contributed by atoms with Gasteiger partial charge in [-0.05, 0) is 18.4 Å². The second-order valence-corrected chi connectivity index (χ2v) is 6.16. The van der Waals surface area contributed by atoms with Crippen LogP contribution in [0, 0.1) is 0 Å². The molecule has 0 atom stereocenters. The van der Waals surface area contributed by atoms with Gasteiger partial charge in [-0.3, -0.25) is 9.59 Å². The largest absolute Gasteiger partial charge is 0.493 e. The van der Waals surface area contributed by atoms with Crippen molar-refractivity contribution in [3.63, 3.8) is 0 Å². The molecule has 144 valence electrons. The van der Waals surface area contributed by atoms with Crippen molar-refractivity contribution >= 4 is 34.8 Å². The van der Waals surface area contributed by atoms with Crippen LogP contribution < -0.4 is 20.1 Å². The van der Waals surface area contributed by atoms with Crippen molar-refractivity contribution in [1.29, 1.82) is 0 Å². The van der Waals surface area contributed by atoms with Crippen LogP contribution in [0.2, 0.25) is 0 Å². The molecule has 2 N–H and O–H groups in total. The Morgan fingerprint density at radius 1 is 1.11 bits per heavy atom. The summed E-state index contributed by atoms with van der Waals surface area (Å²) in [6, 6.07) is 6.26. The molecule has 0 spiro atoms. The second kappa shape index (κ2) is 9.58. The summed E-state index contributed by atoms with van der Waals surface area (Å²) < 4.78 is 15.5. The van der Waals surface area contributed by atoms with E-state index in [0.717, 1.165) is 0 Å². The molecule has 0 bridgehead atoms. The number of likely N-dealkylation sites (N-methyl/N-ethyl adjacent to an activating group) is 1. The Bertz CT molecular complexity index is 820. The van der Waals surface area contributed by atoms with Crippen LogP contribution in [0.5, 0.6) is 11.5 Å². The number of ether oxygens (including phenoxy) is 3. The standard InChI is InChI=1S/C18H20N2O6S/c1-4-19-16(21)10-26-18(23)11-8-13(24-2)14(25-3)9-12(11)20-17(22)15-6-5-7-27-15/h5-9H,4,10H2,1-3H3,(H,19,21)(H,20,22). The highest BCUT2D eigenvalue weighted by Gasteiger charge is 2.21. The van der Waals surface area contributed by atoms with E-state index in [1.807, 2.05) is 0 Å². The first-order chi connectivity index (χ1) is 13.0. The Kier molecular flexibility index (Phi) is 7.18. The Labute approximate surface area is 160 Å². The second-order valence-electron chi connectivity index (χ2n) is 5.21. The van der Waals surface area contributed by atoms with Crippen molar-refractivity contribution in [3.05, 3.63) is 40.1 Å². The molecule has 0 aliphatic carbocycles. The van der Waals surface area contributed by atoms with E-state index in [4.69, 9.17) is 14.2 Å². The van der Waals surface area contributed by atoms with E-state index >= 15 is 0 Å². The lowest BCUT2D eigenvalue weighted by Crippen LogP contribution is -2.28. The third kappa shape index (κ3) is 5.20. The molecule has 0 aliphatic heterocycles. The molecule has 1 aromatic carbocycles. The molecule has 0 saturated carbocycles. The molecule has 2 rings (SSSR count). The monoisotopic (exact) mass is 392 g/mol. The first kappa shape index (κ1) is 20.2. The summed E-state index contributed by atoms with van der Waals surface area (Å²) in [7, 11) is 2.86. The van der Waals surface area contributed by atoms with Crippen molar-refractivity contribution in [1.82, 2.24) is 5.32 Å². The van der Waals surface area contributed by atoms with Gasteiger partial charge in [0.25, 0.3) is 11.8 Å². The van der Waals surface area contributed by atoms with E-state index < -0.39 is 18.5 Å². The highest BCUT2D eigenvalue weighted by molar-refractivity contribution is 7.12. The zero-order chi connectivity index (χ0) is 19.8.